The van der Waals surface area contributed by atoms with Crippen LogP contribution < -0.4 is 0 Å². The van der Waals surface area contributed by atoms with Crippen molar-refractivity contribution in [2.24, 2.45) is 0 Å². The number of halogens is 1. The fraction of sp³-hybridized carbons (Fsp3) is 0.591. The molecule has 1 fully saturated rings. The summed E-state index contributed by atoms with van der Waals surface area (Å²) in [6.07, 6.45) is 2.68. The number of amides is 1. The number of carbonyl (C=O) groups is 1. The van der Waals surface area contributed by atoms with Crippen molar-refractivity contribution in [3.63, 3.8) is 0 Å². The highest BCUT2D eigenvalue weighted by Crippen LogP contribution is 2.19. The number of aryl methyl sites for hydroxylation is 1. The molecule has 6 nitrogen and oxygen atoms in total. The first kappa shape index (κ1) is 21.4. The standard InChI is InChI=1S/C22H31FN4O2/c1-22(2,3)21-24-19(29-25-21)10-6-11-20(28)27-13-7-12-26(14-15-27)16-17-8-4-5-9-18(17)23/h4-5,8-9H,6-7,10-16H2,1-3H3. The normalized spacial score (nSPS) is 16.1. The number of carbonyl (C=O) groups excluding carboxylic acids is 1. The first-order valence-electron chi connectivity index (χ1n) is 10.4. The Labute approximate surface area is 172 Å². The molecule has 1 aliphatic heterocycles. The summed E-state index contributed by atoms with van der Waals surface area (Å²) in [7, 11) is 0. The van der Waals surface area contributed by atoms with E-state index in [1.807, 2.05) is 37.8 Å². The van der Waals surface area contributed by atoms with Crippen LogP contribution in [0.4, 0.5) is 4.39 Å². The molecule has 0 radical (unpaired) electrons. The zero-order valence-corrected chi connectivity index (χ0v) is 17.7. The molecular weight excluding hydrogens is 371 g/mol. The van der Waals surface area contributed by atoms with Crippen LogP contribution in [0.2, 0.25) is 0 Å². The third kappa shape index (κ3) is 6.10. The largest absolute Gasteiger partial charge is 0.341 e. The third-order valence-electron chi connectivity index (χ3n) is 5.21. The molecule has 0 N–H and O–H groups in total. The zero-order valence-electron chi connectivity index (χ0n) is 17.7. The van der Waals surface area contributed by atoms with E-state index >= 15 is 0 Å². The lowest BCUT2D eigenvalue weighted by Gasteiger charge is -2.22. The summed E-state index contributed by atoms with van der Waals surface area (Å²) in [4.78, 5) is 21.2. The Morgan fingerprint density at radius 2 is 1.97 bits per heavy atom. The number of aromatic nitrogens is 2. The molecule has 0 atom stereocenters. The summed E-state index contributed by atoms with van der Waals surface area (Å²) in [6, 6.07) is 6.89. The van der Waals surface area contributed by atoms with Crippen LogP contribution in [-0.4, -0.2) is 52.0 Å². The molecule has 3 rings (SSSR count). The van der Waals surface area contributed by atoms with Crippen LogP contribution in [-0.2, 0) is 23.2 Å². The summed E-state index contributed by atoms with van der Waals surface area (Å²) < 4.78 is 19.2. The highest BCUT2D eigenvalue weighted by Gasteiger charge is 2.22. The number of rotatable bonds is 6. The highest BCUT2D eigenvalue weighted by molar-refractivity contribution is 5.76. The Hall–Kier alpha value is -2.28. The van der Waals surface area contributed by atoms with E-state index < -0.39 is 0 Å². The lowest BCUT2D eigenvalue weighted by Crippen LogP contribution is -2.35. The van der Waals surface area contributed by atoms with Gasteiger partial charge in [-0.1, -0.05) is 44.1 Å². The van der Waals surface area contributed by atoms with Crippen LogP contribution in [0.25, 0.3) is 0 Å². The van der Waals surface area contributed by atoms with Crippen molar-refractivity contribution in [1.29, 1.82) is 0 Å². The van der Waals surface area contributed by atoms with Gasteiger partial charge in [-0.05, 0) is 18.9 Å². The number of hydrogen-bond donors (Lipinski definition) is 0. The van der Waals surface area contributed by atoms with Crippen LogP contribution in [0.5, 0.6) is 0 Å². The molecule has 1 aromatic carbocycles. The van der Waals surface area contributed by atoms with Crippen molar-refractivity contribution in [1.82, 2.24) is 19.9 Å². The Bertz CT molecular complexity index is 815. The smallest absolute Gasteiger partial charge is 0.226 e. The summed E-state index contributed by atoms with van der Waals surface area (Å²) in [5, 5.41) is 4.02. The summed E-state index contributed by atoms with van der Waals surface area (Å²) in [6.45, 7) is 9.78. The first-order valence-corrected chi connectivity index (χ1v) is 10.4. The molecule has 0 bridgehead atoms. The molecule has 2 heterocycles. The quantitative estimate of drug-likeness (QED) is 0.739. The summed E-state index contributed by atoms with van der Waals surface area (Å²) >= 11 is 0. The molecule has 1 aliphatic rings. The van der Waals surface area contributed by atoms with E-state index in [0.29, 0.717) is 49.6 Å². The SMILES string of the molecule is CC(C)(C)c1noc(CCCC(=O)N2CCCN(Cc3ccccc3F)CC2)n1. The zero-order chi connectivity index (χ0) is 20.9. The second-order valence-corrected chi connectivity index (χ2v) is 8.72. The second kappa shape index (κ2) is 9.48. The van der Waals surface area contributed by atoms with E-state index in [1.54, 1.807) is 6.07 Å². The van der Waals surface area contributed by atoms with Gasteiger partial charge < -0.3 is 9.42 Å². The van der Waals surface area contributed by atoms with Gasteiger partial charge in [-0.2, -0.15) is 4.98 Å². The summed E-state index contributed by atoms with van der Waals surface area (Å²) in [5.74, 6) is 1.28. The van der Waals surface area contributed by atoms with Gasteiger partial charge in [-0.15, -0.1) is 0 Å². The lowest BCUT2D eigenvalue weighted by molar-refractivity contribution is -0.131. The first-order chi connectivity index (χ1) is 13.8. The van der Waals surface area contributed by atoms with Crippen molar-refractivity contribution in [3.05, 3.63) is 47.4 Å². The molecule has 0 saturated carbocycles. The van der Waals surface area contributed by atoms with E-state index in [9.17, 15) is 9.18 Å². The molecule has 1 amide bonds. The Morgan fingerprint density at radius 3 is 2.69 bits per heavy atom. The van der Waals surface area contributed by atoms with Gasteiger partial charge in [-0.3, -0.25) is 9.69 Å². The molecule has 29 heavy (non-hydrogen) atoms. The van der Waals surface area contributed by atoms with Gasteiger partial charge in [0.1, 0.15) is 5.82 Å². The monoisotopic (exact) mass is 402 g/mol. The predicted octanol–water partition coefficient (Wildman–Crippen LogP) is 3.56. The molecule has 1 saturated heterocycles. The van der Waals surface area contributed by atoms with Crippen LogP contribution in [0.1, 0.15) is 57.3 Å². The molecule has 2 aromatic rings. The molecule has 158 valence electrons. The lowest BCUT2D eigenvalue weighted by atomic mass is 9.96. The maximum Gasteiger partial charge on any atom is 0.226 e. The topological polar surface area (TPSA) is 62.5 Å². The van der Waals surface area contributed by atoms with Gasteiger partial charge in [0.2, 0.25) is 11.8 Å². The van der Waals surface area contributed by atoms with Gasteiger partial charge in [-0.25, -0.2) is 4.39 Å². The fourth-order valence-corrected chi connectivity index (χ4v) is 3.46. The molecule has 1 aromatic heterocycles. The Kier molecular flexibility index (Phi) is 7.00. The van der Waals surface area contributed by atoms with Crippen molar-refractivity contribution in [2.75, 3.05) is 26.2 Å². The average Bonchev–Trinajstić information content (AvgIpc) is 3.03. The van der Waals surface area contributed by atoms with Gasteiger partial charge in [0.15, 0.2) is 5.82 Å². The van der Waals surface area contributed by atoms with E-state index in [4.69, 9.17) is 4.52 Å². The van der Waals surface area contributed by atoms with E-state index in [-0.39, 0.29) is 17.1 Å². The summed E-state index contributed by atoms with van der Waals surface area (Å²) in [5.41, 5.74) is 0.569. The molecular formula is C22H31FN4O2. The predicted molar refractivity (Wildman–Crippen MR) is 109 cm³/mol. The van der Waals surface area contributed by atoms with Crippen molar-refractivity contribution in [3.8, 4) is 0 Å². The number of nitrogens with zero attached hydrogens (tertiary/aromatic N) is 4. The van der Waals surface area contributed by atoms with Crippen LogP contribution in [0.3, 0.4) is 0 Å². The van der Waals surface area contributed by atoms with Crippen LogP contribution in [0.15, 0.2) is 28.8 Å². The van der Waals surface area contributed by atoms with E-state index in [1.165, 1.54) is 6.07 Å². The van der Waals surface area contributed by atoms with Gasteiger partial charge in [0.25, 0.3) is 0 Å². The Balaban J connectivity index is 1.43. The molecule has 0 spiro atoms. The van der Waals surface area contributed by atoms with Crippen LogP contribution in [0, 0.1) is 5.82 Å². The minimum Gasteiger partial charge on any atom is -0.341 e. The van der Waals surface area contributed by atoms with Gasteiger partial charge in [0, 0.05) is 56.5 Å². The molecule has 0 aliphatic carbocycles. The van der Waals surface area contributed by atoms with E-state index in [2.05, 4.69) is 15.0 Å². The van der Waals surface area contributed by atoms with Crippen LogP contribution >= 0.6 is 0 Å². The molecule has 0 unspecified atom stereocenters. The minimum absolute atomic E-state index is 0.141. The van der Waals surface area contributed by atoms with E-state index in [0.717, 1.165) is 26.1 Å². The van der Waals surface area contributed by atoms with Crippen molar-refractivity contribution in [2.45, 2.75) is 58.4 Å². The average molecular weight is 403 g/mol. The number of hydrogen-bond acceptors (Lipinski definition) is 5. The van der Waals surface area contributed by atoms with Crippen molar-refractivity contribution >= 4 is 5.91 Å². The maximum absolute atomic E-state index is 13.9. The van der Waals surface area contributed by atoms with Gasteiger partial charge >= 0.3 is 0 Å². The number of benzene rings is 1. The second-order valence-electron chi connectivity index (χ2n) is 8.72. The maximum atomic E-state index is 13.9. The molecule has 7 heteroatoms. The van der Waals surface area contributed by atoms with Crippen molar-refractivity contribution < 1.29 is 13.7 Å². The minimum atomic E-state index is -0.166. The Morgan fingerprint density at radius 1 is 1.17 bits per heavy atom. The third-order valence-corrected chi connectivity index (χ3v) is 5.21. The highest BCUT2D eigenvalue weighted by atomic mass is 19.1. The fourth-order valence-electron chi connectivity index (χ4n) is 3.46. The van der Waals surface area contributed by atoms with Gasteiger partial charge in [0.05, 0.1) is 0 Å².